The van der Waals surface area contributed by atoms with Crippen LogP contribution in [0, 0.1) is 5.41 Å². The predicted octanol–water partition coefficient (Wildman–Crippen LogP) is -0.702. The second-order valence-electron chi connectivity index (χ2n) is 5.44. The molecule has 2 fully saturated rings. The monoisotopic (exact) mass is 283 g/mol. The minimum atomic E-state index is -1.00. The van der Waals surface area contributed by atoms with Crippen molar-refractivity contribution < 1.29 is 24.3 Å². The van der Waals surface area contributed by atoms with E-state index in [1.165, 1.54) is 0 Å². The Kier molecular flexibility index (Phi) is 3.65. The molecule has 0 spiro atoms. The number of nitrogens with zero attached hydrogens (tertiary/aromatic N) is 1. The third kappa shape index (κ3) is 2.59. The van der Waals surface area contributed by atoms with Crippen molar-refractivity contribution in [1.82, 2.24) is 15.5 Å². The highest BCUT2D eigenvalue weighted by atomic mass is 16.4. The molecule has 0 aromatic heterocycles. The molecule has 1 saturated heterocycles. The van der Waals surface area contributed by atoms with Crippen molar-refractivity contribution in [3.8, 4) is 0 Å². The maximum absolute atomic E-state index is 12.0. The fraction of sp³-hybridized carbons (Fsp3) is 0.667. The van der Waals surface area contributed by atoms with Gasteiger partial charge in [0.1, 0.15) is 13.1 Å². The highest BCUT2D eigenvalue weighted by molar-refractivity contribution is 6.02. The summed E-state index contributed by atoms with van der Waals surface area (Å²) in [4.78, 5) is 46.9. The van der Waals surface area contributed by atoms with Gasteiger partial charge in [-0.15, -0.1) is 0 Å². The lowest BCUT2D eigenvalue weighted by Gasteiger charge is -2.31. The van der Waals surface area contributed by atoms with E-state index in [9.17, 15) is 24.3 Å². The summed E-state index contributed by atoms with van der Waals surface area (Å²) in [7, 11) is 0. The summed E-state index contributed by atoms with van der Waals surface area (Å²) >= 11 is 0. The van der Waals surface area contributed by atoms with Crippen LogP contribution in [0.3, 0.4) is 0 Å². The van der Waals surface area contributed by atoms with Crippen LogP contribution in [0.2, 0.25) is 0 Å². The Morgan fingerprint density at radius 2 is 1.95 bits per heavy atom. The Balaban J connectivity index is 2.02. The van der Waals surface area contributed by atoms with Gasteiger partial charge in [0.25, 0.3) is 0 Å². The number of rotatable bonds is 2. The summed E-state index contributed by atoms with van der Waals surface area (Å²) in [5.41, 5.74) is -1.00. The average molecular weight is 283 g/mol. The molecule has 0 radical (unpaired) electrons. The minimum Gasteiger partial charge on any atom is -0.481 e. The van der Waals surface area contributed by atoms with Gasteiger partial charge < -0.3 is 15.3 Å². The molecule has 1 aliphatic carbocycles. The SMILES string of the molecule is CC1(C(=O)O)CCCC1NC(=O)N1CC(=O)NC(=O)C1. The van der Waals surface area contributed by atoms with Crippen LogP contribution in [-0.2, 0) is 14.4 Å². The zero-order valence-electron chi connectivity index (χ0n) is 11.1. The van der Waals surface area contributed by atoms with Crippen molar-refractivity contribution in [1.29, 1.82) is 0 Å². The van der Waals surface area contributed by atoms with Gasteiger partial charge in [-0.25, -0.2) is 4.79 Å². The maximum Gasteiger partial charge on any atom is 0.318 e. The van der Waals surface area contributed by atoms with Gasteiger partial charge in [0.05, 0.1) is 5.41 Å². The van der Waals surface area contributed by atoms with Crippen LogP contribution >= 0.6 is 0 Å². The van der Waals surface area contributed by atoms with Crippen LogP contribution in [0.1, 0.15) is 26.2 Å². The molecule has 2 rings (SSSR count). The third-order valence-electron chi connectivity index (χ3n) is 3.98. The number of carbonyl (C=O) groups is 4. The first kappa shape index (κ1) is 14.3. The topological polar surface area (TPSA) is 116 Å². The molecule has 2 unspecified atom stereocenters. The maximum atomic E-state index is 12.0. The van der Waals surface area contributed by atoms with Gasteiger partial charge in [0, 0.05) is 6.04 Å². The van der Waals surface area contributed by atoms with E-state index in [1.54, 1.807) is 6.92 Å². The Labute approximate surface area is 115 Å². The van der Waals surface area contributed by atoms with Crippen LogP contribution in [0.15, 0.2) is 0 Å². The van der Waals surface area contributed by atoms with Gasteiger partial charge in [0.15, 0.2) is 0 Å². The summed E-state index contributed by atoms with van der Waals surface area (Å²) < 4.78 is 0. The minimum absolute atomic E-state index is 0.200. The lowest BCUT2D eigenvalue weighted by atomic mass is 9.85. The molecule has 1 saturated carbocycles. The number of nitrogens with one attached hydrogen (secondary N) is 2. The van der Waals surface area contributed by atoms with Gasteiger partial charge in [-0.05, 0) is 19.8 Å². The second-order valence-corrected chi connectivity index (χ2v) is 5.44. The quantitative estimate of drug-likeness (QED) is 0.579. The molecule has 2 atom stereocenters. The highest BCUT2D eigenvalue weighted by Gasteiger charge is 2.46. The van der Waals surface area contributed by atoms with Crippen LogP contribution in [0.25, 0.3) is 0 Å². The van der Waals surface area contributed by atoms with Crippen molar-refractivity contribution in [2.24, 2.45) is 5.41 Å². The summed E-state index contributed by atoms with van der Waals surface area (Å²) in [6, 6.07) is -1.07. The van der Waals surface area contributed by atoms with Crippen molar-refractivity contribution in [3.63, 3.8) is 0 Å². The normalized spacial score (nSPS) is 30.1. The zero-order chi connectivity index (χ0) is 14.9. The smallest absolute Gasteiger partial charge is 0.318 e. The number of carboxylic acid groups (broad SMARTS) is 1. The molecule has 2 aliphatic rings. The molecule has 0 bridgehead atoms. The summed E-state index contributed by atoms with van der Waals surface area (Å²) in [5, 5.41) is 14.0. The van der Waals surface area contributed by atoms with E-state index in [0.29, 0.717) is 19.3 Å². The standard InChI is InChI=1S/C12H17N3O5/c1-12(10(18)19)4-2-3-7(12)13-11(20)15-5-8(16)14-9(17)6-15/h7H,2-6H2,1H3,(H,13,20)(H,18,19)(H,14,16,17). The fourth-order valence-corrected chi connectivity index (χ4v) is 2.67. The number of carbonyl (C=O) groups excluding carboxylic acids is 3. The molecule has 3 N–H and O–H groups in total. The van der Waals surface area contributed by atoms with E-state index in [0.717, 1.165) is 4.90 Å². The molecule has 4 amide bonds. The average Bonchev–Trinajstić information content (AvgIpc) is 2.71. The number of imide groups is 1. The Morgan fingerprint density at radius 1 is 1.35 bits per heavy atom. The first-order valence-electron chi connectivity index (χ1n) is 6.44. The third-order valence-corrected chi connectivity index (χ3v) is 3.98. The number of aliphatic carboxylic acids is 1. The van der Waals surface area contributed by atoms with E-state index in [1.807, 2.05) is 0 Å². The predicted molar refractivity (Wildman–Crippen MR) is 66.6 cm³/mol. The van der Waals surface area contributed by atoms with Crippen LogP contribution in [0.5, 0.6) is 0 Å². The molecule has 8 heteroatoms. The molecule has 1 heterocycles. The molecule has 0 aromatic rings. The summed E-state index contributed by atoms with van der Waals surface area (Å²) in [6.07, 6.45) is 1.78. The van der Waals surface area contributed by atoms with Crippen LogP contribution in [-0.4, -0.2) is 53.0 Å². The number of hydrogen-bond acceptors (Lipinski definition) is 4. The van der Waals surface area contributed by atoms with Gasteiger partial charge in [-0.3, -0.25) is 19.7 Å². The lowest BCUT2D eigenvalue weighted by molar-refractivity contribution is -0.148. The number of amides is 4. The molecule has 0 aromatic carbocycles. The van der Waals surface area contributed by atoms with Crippen molar-refractivity contribution in [2.75, 3.05) is 13.1 Å². The Morgan fingerprint density at radius 3 is 2.50 bits per heavy atom. The molecular formula is C12H17N3O5. The summed E-state index contributed by atoms with van der Waals surface area (Å²) in [5.74, 6) is -2.03. The number of urea groups is 1. The van der Waals surface area contributed by atoms with E-state index < -0.39 is 35.3 Å². The molecule has 20 heavy (non-hydrogen) atoms. The molecular weight excluding hydrogens is 266 g/mol. The second kappa shape index (κ2) is 5.10. The highest BCUT2D eigenvalue weighted by Crippen LogP contribution is 2.38. The van der Waals surface area contributed by atoms with Crippen molar-refractivity contribution >= 4 is 23.8 Å². The van der Waals surface area contributed by atoms with Crippen LogP contribution < -0.4 is 10.6 Å². The lowest BCUT2D eigenvalue weighted by Crippen LogP contribution is -2.58. The first-order chi connectivity index (χ1) is 9.33. The Hall–Kier alpha value is -2.12. The summed E-state index contributed by atoms with van der Waals surface area (Å²) in [6.45, 7) is 1.20. The van der Waals surface area contributed by atoms with Gasteiger partial charge >= 0.3 is 12.0 Å². The van der Waals surface area contributed by atoms with Crippen molar-refractivity contribution in [3.05, 3.63) is 0 Å². The van der Waals surface area contributed by atoms with Gasteiger partial charge in [-0.2, -0.15) is 0 Å². The van der Waals surface area contributed by atoms with E-state index >= 15 is 0 Å². The number of piperazine rings is 1. The first-order valence-corrected chi connectivity index (χ1v) is 6.44. The van der Waals surface area contributed by atoms with E-state index in [4.69, 9.17) is 0 Å². The Bertz CT molecular complexity index is 462. The number of carboxylic acids is 1. The molecule has 8 nitrogen and oxygen atoms in total. The van der Waals surface area contributed by atoms with Crippen molar-refractivity contribution in [2.45, 2.75) is 32.2 Å². The zero-order valence-corrected chi connectivity index (χ0v) is 11.1. The van der Waals surface area contributed by atoms with Gasteiger partial charge in [-0.1, -0.05) is 6.42 Å². The van der Waals surface area contributed by atoms with Crippen LogP contribution in [0.4, 0.5) is 4.79 Å². The largest absolute Gasteiger partial charge is 0.481 e. The van der Waals surface area contributed by atoms with Gasteiger partial charge in [0.2, 0.25) is 11.8 Å². The van der Waals surface area contributed by atoms with E-state index in [-0.39, 0.29) is 13.1 Å². The van der Waals surface area contributed by atoms with E-state index in [2.05, 4.69) is 10.6 Å². The fourth-order valence-electron chi connectivity index (χ4n) is 2.67. The molecule has 110 valence electrons. The number of hydrogen-bond donors (Lipinski definition) is 3. The molecule has 1 aliphatic heterocycles.